The van der Waals surface area contributed by atoms with Crippen molar-refractivity contribution in [2.24, 2.45) is 5.92 Å². The summed E-state index contributed by atoms with van der Waals surface area (Å²) in [5, 5.41) is 3.08. The minimum Gasteiger partial charge on any atom is -0.399 e. The molecule has 1 aromatic rings. The Hall–Kier alpha value is -1.26. The summed E-state index contributed by atoms with van der Waals surface area (Å²) in [4.78, 5) is 11.5. The summed E-state index contributed by atoms with van der Waals surface area (Å²) >= 11 is 5.92. The summed E-state index contributed by atoms with van der Waals surface area (Å²) in [5.41, 5.74) is 6.65. The maximum atomic E-state index is 11.5. The number of carbonyl (C=O) groups is 1. The molecule has 1 rings (SSSR count). The Labute approximate surface area is 106 Å². The highest BCUT2D eigenvalue weighted by Gasteiger charge is 2.06. The Kier molecular flexibility index (Phi) is 5.25. The molecule has 0 spiro atoms. The van der Waals surface area contributed by atoms with Crippen LogP contribution < -0.4 is 11.1 Å². The molecule has 3 N–H and O–H groups in total. The van der Waals surface area contributed by atoms with Crippen LogP contribution in [0.25, 0.3) is 0 Å². The van der Waals surface area contributed by atoms with E-state index in [1.165, 1.54) is 0 Å². The number of anilines is 2. The minimum atomic E-state index is -0.225. The fraction of sp³-hybridized carbons (Fsp3) is 0.417. The monoisotopic (exact) mass is 256 g/mol. The van der Waals surface area contributed by atoms with Crippen LogP contribution in [0.1, 0.15) is 13.8 Å². The highest BCUT2D eigenvalue weighted by Crippen LogP contribution is 2.23. The Morgan fingerprint density at radius 2 is 2.24 bits per heavy atom. The van der Waals surface area contributed by atoms with Crippen LogP contribution in [-0.4, -0.2) is 19.1 Å². The van der Waals surface area contributed by atoms with Gasteiger partial charge in [0.1, 0.15) is 6.61 Å². The van der Waals surface area contributed by atoms with E-state index < -0.39 is 0 Å². The van der Waals surface area contributed by atoms with E-state index in [2.05, 4.69) is 5.32 Å². The smallest absolute Gasteiger partial charge is 0.250 e. The number of hydrogen-bond donors (Lipinski definition) is 2. The van der Waals surface area contributed by atoms with Crippen LogP contribution in [0.5, 0.6) is 0 Å². The number of nitrogens with one attached hydrogen (secondary N) is 1. The standard InChI is InChI=1S/C12H17ClN2O2/c1-8(2)6-17-7-12(16)15-11-4-3-9(14)5-10(11)13/h3-5,8H,6-7,14H2,1-2H3,(H,15,16). The average molecular weight is 257 g/mol. The second kappa shape index (κ2) is 6.47. The molecule has 0 bridgehead atoms. The maximum Gasteiger partial charge on any atom is 0.250 e. The molecule has 0 aliphatic heterocycles. The quantitative estimate of drug-likeness (QED) is 0.796. The Bertz CT molecular complexity index is 394. The van der Waals surface area contributed by atoms with Crippen molar-refractivity contribution in [3.05, 3.63) is 23.2 Å². The normalized spacial score (nSPS) is 10.6. The van der Waals surface area contributed by atoms with E-state index in [-0.39, 0.29) is 12.5 Å². The van der Waals surface area contributed by atoms with Gasteiger partial charge in [-0.15, -0.1) is 0 Å². The van der Waals surface area contributed by atoms with E-state index in [0.29, 0.717) is 28.9 Å². The maximum absolute atomic E-state index is 11.5. The van der Waals surface area contributed by atoms with Crippen molar-refractivity contribution in [2.45, 2.75) is 13.8 Å². The fourth-order valence-corrected chi connectivity index (χ4v) is 1.44. The number of hydrogen-bond acceptors (Lipinski definition) is 3. The summed E-state index contributed by atoms with van der Waals surface area (Å²) in [6, 6.07) is 4.93. The third kappa shape index (κ3) is 5.06. The van der Waals surface area contributed by atoms with Gasteiger partial charge in [-0.05, 0) is 24.1 Å². The zero-order valence-electron chi connectivity index (χ0n) is 10.00. The highest BCUT2D eigenvalue weighted by atomic mass is 35.5. The van der Waals surface area contributed by atoms with Crippen molar-refractivity contribution < 1.29 is 9.53 Å². The number of amides is 1. The fourth-order valence-electron chi connectivity index (χ4n) is 1.21. The van der Waals surface area contributed by atoms with Crippen LogP contribution in [0.15, 0.2) is 18.2 Å². The summed E-state index contributed by atoms with van der Waals surface area (Å²) in [6.45, 7) is 4.63. The molecular weight excluding hydrogens is 240 g/mol. The van der Waals surface area contributed by atoms with Gasteiger partial charge >= 0.3 is 0 Å². The number of carbonyl (C=O) groups excluding carboxylic acids is 1. The lowest BCUT2D eigenvalue weighted by molar-refractivity contribution is -0.120. The highest BCUT2D eigenvalue weighted by molar-refractivity contribution is 6.34. The van der Waals surface area contributed by atoms with Crippen LogP contribution in [0.4, 0.5) is 11.4 Å². The van der Waals surface area contributed by atoms with Crippen molar-refractivity contribution >= 4 is 28.9 Å². The molecule has 17 heavy (non-hydrogen) atoms. The second-order valence-electron chi connectivity index (χ2n) is 4.20. The minimum absolute atomic E-state index is 0.0267. The van der Waals surface area contributed by atoms with Gasteiger partial charge < -0.3 is 15.8 Å². The first kappa shape index (κ1) is 13.8. The molecule has 0 unspecified atom stereocenters. The van der Waals surface area contributed by atoms with Gasteiger partial charge in [0, 0.05) is 12.3 Å². The SMILES string of the molecule is CC(C)COCC(=O)Nc1ccc(N)cc1Cl. The Morgan fingerprint density at radius 3 is 2.82 bits per heavy atom. The lowest BCUT2D eigenvalue weighted by atomic mass is 10.2. The zero-order valence-corrected chi connectivity index (χ0v) is 10.8. The van der Waals surface area contributed by atoms with Crippen molar-refractivity contribution in [1.29, 1.82) is 0 Å². The molecule has 0 atom stereocenters. The van der Waals surface area contributed by atoms with E-state index >= 15 is 0 Å². The van der Waals surface area contributed by atoms with E-state index in [1.807, 2.05) is 13.8 Å². The molecule has 94 valence electrons. The molecule has 0 radical (unpaired) electrons. The summed E-state index contributed by atoms with van der Waals surface area (Å²) in [5.74, 6) is 0.181. The molecule has 0 aliphatic rings. The first-order valence-electron chi connectivity index (χ1n) is 5.41. The number of rotatable bonds is 5. The topological polar surface area (TPSA) is 64.3 Å². The number of benzene rings is 1. The molecule has 0 heterocycles. The summed E-state index contributed by atoms with van der Waals surface area (Å²) in [6.07, 6.45) is 0. The van der Waals surface area contributed by atoms with Crippen molar-refractivity contribution in [2.75, 3.05) is 24.3 Å². The van der Waals surface area contributed by atoms with Gasteiger partial charge in [-0.1, -0.05) is 25.4 Å². The van der Waals surface area contributed by atoms with Gasteiger partial charge in [-0.3, -0.25) is 4.79 Å². The number of nitrogens with two attached hydrogens (primary N) is 1. The lowest BCUT2D eigenvalue weighted by Crippen LogP contribution is -2.19. The van der Waals surface area contributed by atoms with Gasteiger partial charge in [-0.2, -0.15) is 0 Å². The molecule has 4 nitrogen and oxygen atoms in total. The van der Waals surface area contributed by atoms with Crippen molar-refractivity contribution in [1.82, 2.24) is 0 Å². The third-order valence-electron chi connectivity index (χ3n) is 1.95. The van der Waals surface area contributed by atoms with Gasteiger partial charge in [0.05, 0.1) is 10.7 Å². The number of ether oxygens (including phenoxy) is 1. The van der Waals surface area contributed by atoms with E-state index in [0.717, 1.165) is 0 Å². The zero-order chi connectivity index (χ0) is 12.8. The lowest BCUT2D eigenvalue weighted by Gasteiger charge is -2.09. The summed E-state index contributed by atoms with van der Waals surface area (Å²) in [7, 11) is 0. The molecule has 0 fully saturated rings. The molecule has 1 aromatic carbocycles. The van der Waals surface area contributed by atoms with Crippen molar-refractivity contribution in [3.8, 4) is 0 Å². The number of halogens is 1. The largest absolute Gasteiger partial charge is 0.399 e. The van der Waals surface area contributed by atoms with Crippen LogP contribution in [0.3, 0.4) is 0 Å². The van der Waals surface area contributed by atoms with Crippen LogP contribution >= 0.6 is 11.6 Å². The van der Waals surface area contributed by atoms with Gasteiger partial charge in [0.25, 0.3) is 0 Å². The molecule has 0 saturated heterocycles. The molecule has 5 heteroatoms. The summed E-state index contributed by atoms with van der Waals surface area (Å²) < 4.78 is 5.21. The second-order valence-corrected chi connectivity index (χ2v) is 4.60. The predicted molar refractivity (Wildman–Crippen MR) is 70.2 cm³/mol. The Morgan fingerprint density at radius 1 is 1.53 bits per heavy atom. The van der Waals surface area contributed by atoms with E-state index in [4.69, 9.17) is 22.1 Å². The number of nitrogen functional groups attached to an aromatic ring is 1. The first-order valence-corrected chi connectivity index (χ1v) is 5.79. The average Bonchev–Trinajstić information content (AvgIpc) is 2.21. The van der Waals surface area contributed by atoms with E-state index in [1.54, 1.807) is 18.2 Å². The van der Waals surface area contributed by atoms with Gasteiger partial charge in [0.15, 0.2) is 0 Å². The third-order valence-corrected chi connectivity index (χ3v) is 2.26. The van der Waals surface area contributed by atoms with Crippen LogP contribution in [0.2, 0.25) is 5.02 Å². The first-order chi connectivity index (χ1) is 7.99. The van der Waals surface area contributed by atoms with Gasteiger partial charge in [-0.25, -0.2) is 0 Å². The van der Waals surface area contributed by atoms with Crippen molar-refractivity contribution in [3.63, 3.8) is 0 Å². The van der Waals surface area contributed by atoms with Gasteiger partial charge in [0.2, 0.25) is 5.91 Å². The van der Waals surface area contributed by atoms with Crippen LogP contribution in [-0.2, 0) is 9.53 Å². The molecular formula is C12H17ClN2O2. The molecule has 0 saturated carbocycles. The molecule has 1 amide bonds. The van der Waals surface area contributed by atoms with Crippen LogP contribution in [0, 0.1) is 5.92 Å². The molecule has 0 aliphatic carbocycles. The Balaban J connectivity index is 2.45. The van der Waals surface area contributed by atoms with E-state index in [9.17, 15) is 4.79 Å². The molecule has 0 aromatic heterocycles. The predicted octanol–water partition coefficient (Wildman–Crippen LogP) is 2.53.